The van der Waals surface area contributed by atoms with Gasteiger partial charge in [0.2, 0.25) is 0 Å². The van der Waals surface area contributed by atoms with Crippen molar-refractivity contribution in [3.8, 4) is 0 Å². The summed E-state index contributed by atoms with van der Waals surface area (Å²) in [5.74, 6) is 0. The molecule has 1 saturated heterocycles. The molecule has 1 aromatic heterocycles. The lowest BCUT2D eigenvalue weighted by molar-refractivity contribution is 0.0824. The van der Waals surface area contributed by atoms with Gasteiger partial charge in [0.15, 0.2) is 0 Å². The molecule has 0 radical (unpaired) electrons. The summed E-state index contributed by atoms with van der Waals surface area (Å²) in [6, 6.07) is 5.06. The molecule has 0 saturated carbocycles. The van der Waals surface area contributed by atoms with E-state index in [0.717, 1.165) is 6.42 Å². The minimum atomic E-state index is 0.255. The van der Waals surface area contributed by atoms with Crippen LogP contribution in [0.5, 0.6) is 0 Å². The van der Waals surface area contributed by atoms with Gasteiger partial charge in [0.25, 0.3) is 0 Å². The molecule has 2 unspecified atom stereocenters. The summed E-state index contributed by atoms with van der Waals surface area (Å²) in [5.41, 5.74) is 6.88. The Kier molecular flexibility index (Phi) is 4.46. The molecule has 0 aliphatic carbocycles. The average molecular weight is 266 g/mol. The van der Waals surface area contributed by atoms with Gasteiger partial charge in [-0.05, 0) is 49.2 Å². The van der Waals surface area contributed by atoms with Crippen LogP contribution in [0.15, 0.2) is 17.5 Å². The van der Waals surface area contributed by atoms with Gasteiger partial charge in [0.1, 0.15) is 0 Å². The topological polar surface area (TPSA) is 29.3 Å². The molecule has 2 rings (SSSR count). The second-order valence-electron chi connectivity index (χ2n) is 6.23. The quantitative estimate of drug-likeness (QED) is 0.901. The van der Waals surface area contributed by atoms with Crippen LogP contribution >= 0.6 is 11.3 Å². The van der Waals surface area contributed by atoms with Gasteiger partial charge in [-0.25, -0.2) is 0 Å². The van der Waals surface area contributed by atoms with Gasteiger partial charge >= 0.3 is 0 Å². The third kappa shape index (κ3) is 3.14. The van der Waals surface area contributed by atoms with Gasteiger partial charge in [0.05, 0.1) is 6.04 Å². The first kappa shape index (κ1) is 14.0. The van der Waals surface area contributed by atoms with Crippen molar-refractivity contribution >= 4 is 11.3 Å². The molecule has 0 amide bonds. The van der Waals surface area contributed by atoms with E-state index in [1.54, 1.807) is 0 Å². The van der Waals surface area contributed by atoms with Crippen molar-refractivity contribution in [2.45, 2.75) is 52.1 Å². The van der Waals surface area contributed by atoms with Crippen LogP contribution in [-0.2, 0) is 0 Å². The SMILES string of the molecule is CCC(N)C(c1cccs1)N1CCC(C)(C)CC1. The van der Waals surface area contributed by atoms with E-state index in [0.29, 0.717) is 11.5 Å². The van der Waals surface area contributed by atoms with Gasteiger partial charge in [-0.15, -0.1) is 11.3 Å². The van der Waals surface area contributed by atoms with E-state index >= 15 is 0 Å². The number of likely N-dealkylation sites (tertiary alicyclic amines) is 1. The Balaban J connectivity index is 2.11. The molecule has 1 aliphatic rings. The highest BCUT2D eigenvalue weighted by atomic mass is 32.1. The average Bonchev–Trinajstić information content (AvgIpc) is 2.85. The van der Waals surface area contributed by atoms with Crippen LogP contribution in [0.25, 0.3) is 0 Å². The standard InChI is InChI=1S/C15H26N2S/c1-4-12(16)14(13-6-5-11-18-13)17-9-7-15(2,3)8-10-17/h5-6,11-12,14H,4,7-10,16H2,1-3H3. The van der Waals surface area contributed by atoms with Crippen LogP contribution in [-0.4, -0.2) is 24.0 Å². The monoisotopic (exact) mass is 266 g/mol. The zero-order valence-electron chi connectivity index (χ0n) is 11.9. The molecule has 1 aliphatic heterocycles. The Morgan fingerprint density at radius 1 is 1.39 bits per heavy atom. The van der Waals surface area contributed by atoms with Gasteiger partial charge in [-0.1, -0.05) is 26.8 Å². The first-order chi connectivity index (χ1) is 8.53. The molecule has 2 heterocycles. The molecular weight excluding hydrogens is 240 g/mol. The lowest BCUT2D eigenvalue weighted by Gasteiger charge is -2.42. The van der Waals surface area contributed by atoms with Crippen LogP contribution < -0.4 is 5.73 Å². The highest BCUT2D eigenvalue weighted by molar-refractivity contribution is 7.10. The summed E-state index contributed by atoms with van der Waals surface area (Å²) in [7, 11) is 0. The van der Waals surface area contributed by atoms with Crippen molar-refractivity contribution in [3.05, 3.63) is 22.4 Å². The highest BCUT2D eigenvalue weighted by Crippen LogP contribution is 2.36. The summed E-state index contributed by atoms with van der Waals surface area (Å²) < 4.78 is 0. The number of hydrogen-bond donors (Lipinski definition) is 1. The van der Waals surface area contributed by atoms with E-state index in [9.17, 15) is 0 Å². The summed E-state index contributed by atoms with van der Waals surface area (Å²) in [6.45, 7) is 9.32. The molecule has 18 heavy (non-hydrogen) atoms. The summed E-state index contributed by atoms with van der Waals surface area (Å²) in [5, 5.41) is 2.17. The first-order valence-electron chi connectivity index (χ1n) is 7.06. The molecule has 2 nitrogen and oxygen atoms in total. The molecular formula is C15H26N2S. The summed E-state index contributed by atoms with van der Waals surface area (Å²) >= 11 is 1.85. The Morgan fingerprint density at radius 2 is 2.06 bits per heavy atom. The van der Waals surface area contributed by atoms with E-state index < -0.39 is 0 Å². The predicted octanol–water partition coefficient (Wildman–Crippen LogP) is 3.65. The molecule has 1 fully saturated rings. The first-order valence-corrected chi connectivity index (χ1v) is 7.94. The molecule has 0 aromatic carbocycles. The Labute approximate surface area is 115 Å². The van der Waals surface area contributed by atoms with Crippen molar-refractivity contribution in [1.82, 2.24) is 4.90 Å². The number of rotatable bonds is 4. The zero-order valence-corrected chi connectivity index (χ0v) is 12.7. The minimum absolute atomic E-state index is 0.255. The van der Waals surface area contributed by atoms with Crippen molar-refractivity contribution in [2.75, 3.05) is 13.1 Å². The van der Waals surface area contributed by atoms with E-state index in [4.69, 9.17) is 5.73 Å². The number of nitrogens with zero attached hydrogens (tertiary/aromatic N) is 1. The Hall–Kier alpha value is -0.380. The molecule has 0 spiro atoms. The van der Waals surface area contributed by atoms with Crippen molar-refractivity contribution < 1.29 is 0 Å². The fourth-order valence-corrected chi connectivity index (χ4v) is 3.69. The predicted molar refractivity (Wildman–Crippen MR) is 79.9 cm³/mol. The number of nitrogens with two attached hydrogens (primary N) is 1. The zero-order chi connectivity index (χ0) is 13.2. The van der Waals surface area contributed by atoms with Gasteiger partial charge in [-0.2, -0.15) is 0 Å². The molecule has 1 aromatic rings. The molecule has 3 heteroatoms. The maximum atomic E-state index is 6.37. The lowest BCUT2D eigenvalue weighted by Crippen LogP contribution is -2.45. The third-order valence-corrected chi connectivity index (χ3v) is 5.20. The minimum Gasteiger partial charge on any atom is -0.326 e. The van der Waals surface area contributed by atoms with Crippen LogP contribution in [0.1, 0.15) is 51.0 Å². The van der Waals surface area contributed by atoms with E-state index in [1.165, 1.54) is 30.8 Å². The molecule has 2 N–H and O–H groups in total. The number of thiophene rings is 1. The van der Waals surface area contributed by atoms with Crippen molar-refractivity contribution in [3.63, 3.8) is 0 Å². The van der Waals surface area contributed by atoms with Crippen LogP contribution in [0.4, 0.5) is 0 Å². The highest BCUT2D eigenvalue weighted by Gasteiger charge is 2.32. The van der Waals surface area contributed by atoms with Gasteiger partial charge in [0, 0.05) is 10.9 Å². The fourth-order valence-electron chi connectivity index (χ4n) is 2.75. The molecule has 2 atom stereocenters. The van der Waals surface area contributed by atoms with E-state index in [1.807, 2.05) is 11.3 Å². The van der Waals surface area contributed by atoms with Crippen molar-refractivity contribution in [2.24, 2.45) is 11.1 Å². The van der Waals surface area contributed by atoms with Crippen LogP contribution in [0.2, 0.25) is 0 Å². The normalized spacial score (nSPS) is 23.8. The Morgan fingerprint density at radius 3 is 2.56 bits per heavy atom. The Bertz CT molecular complexity index is 349. The summed E-state index contributed by atoms with van der Waals surface area (Å²) in [4.78, 5) is 4.04. The third-order valence-electron chi connectivity index (χ3n) is 4.26. The van der Waals surface area contributed by atoms with E-state index in [-0.39, 0.29) is 6.04 Å². The van der Waals surface area contributed by atoms with E-state index in [2.05, 4.69) is 43.2 Å². The number of piperidine rings is 1. The van der Waals surface area contributed by atoms with Crippen LogP contribution in [0.3, 0.4) is 0 Å². The second kappa shape index (κ2) is 5.72. The lowest BCUT2D eigenvalue weighted by atomic mass is 9.82. The summed E-state index contributed by atoms with van der Waals surface area (Å²) in [6.07, 6.45) is 3.61. The van der Waals surface area contributed by atoms with Crippen molar-refractivity contribution in [1.29, 1.82) is 0 Å². The fraction of sp³-hybridized carbons (Fsp3) is 0.733. The van der Waals surface area contributed by atoms with Crippen LogP contribution in [0, 0.1) is 5.41 Å². The largest absolute Gasteiger partial charge is 0.326 e. The number of hydrogen-bond acceptors (Lipinski definition) is 3. The second-order valence-corrected chi connectivity index (χ2v) is 7.21. The van der Waals surface area contributed by atoms with Gasteiger partial charge in [-0.3, -0.25) is 4.90 Å². The molecule has 0 bridgehead atoms. The maximum Gasteiger partial charge on any atom is 0.0593 e. The van der Waals surface area contributed by atoms with Gasteiger partial charge < -0.3 is 5.73 Å². The smallest absolute Gasteiger partial charge is 0.0593 e. The maximum absolute atomic E-state index is 6.37. The molecule has 102 valence electrons.